The van der Waals surface area contributed by atoms with E-state index in [1.807, 2.05) is 36.5 Å². The number of amides is 1. The summed E-state index contributed by atoms with van der Waals surface area (Å²) in [6.45, 7) is 3.97. The Morgan fingerprint density at radius 3 is 2.58 bits per heavy atom. The van der Waals surface area contributed by atoms with E-state index in [0.717, 1.165) is 11.3 Å². The van der Waals surface area contributed by atoms with E-state index in [-0.39, 0.29) is 5.91 Å². The SMILES string of the molecule is CC(C)(C(=O)NCc1cnn(-c2ccccc2)c1)n1cc(Cl)cn1. The minimum atomic E-state index is -0.831. The molecule has 0 aliphatic carbocycles. The molecule has 0 saturated heterocycles. The van der Waals surface area contributed by atoms with Crippen LogP contribution in [0.3, 0.4) is 0 Å². The van der Waals surface area contributed by atoms with Gasteiger partial charge in [-0.3, -0.25) is 9.48 Å². The molecule has 1 aromatic carbocycles. The van der Waals surface area contributed by atoms with Crippen molar-refractivity contribution >= 4 is 17.5 Å². The Balaban J connectivity index is 1.65. The van der Waals surface area contributed by atoms with Gasteiger partial charge in [0.1, 0.15) is 5.54 Å². The van der Waals surface area contributed by atoms with Crippen molar-refractivity contribution in [2.75, 3.05) is 0 Å². The summed E-state index contributed by atoms with van der Waals surface area (Å²) in [6.07, 6.45) is 6.79. The molecule has 0 unspecified atom stereocenters. The van der Waals surface area contributed by atoms with Crippen molar-refractivity contribution in [3.05, 3.63) is 65.7 Å². The molecule has 6 nitrogen and oxygen atoms in total. The third kappa shape index (κ3) is 3.33. The van der Waals surface area contributed by atoms with Crippen LogP contribution < -0.4 is 5.32 Å². The maximum atomic E-state index is 12.5. The third-order valence-corrected chi connectivity index (χ3v) is 3.98. The van der Waals surface area contributed by atoms with Gasteiger partial charge in [0.05, 0.1) is 23.1 Å². The Morgan fingerprint density at radius 1 is 1.17 bits per heavy atom. The second-order valence-electron chi connectivity index (χ2n) is 5.97. The van der Waals surface area contributed by atoms with E-state index in [0.29, 0.717) is 11.6 Å². The molecule has 7 heteroatoms. The highest BCUT2D eigenvalue weighted by Crippen LogP contribution is 2.17. The summed E-state index contributed by atoms with van der Waals surface area (Å²) in [4.78, 5) is 12.5. The molecule has 3 rings (SSSR count). The van der Waals surface area contributed by atoms with Crippen LogP contribution in [0.4, 0.5) is 0 Å². The van der Waals surface area contributed by atoms with Crippen LogP contribution in [0, 0.1) is 0 Å². The second-order valence-corrected chi connectivity index (χ2v) is 6.41. The second kappa shape index (κ2) is 6.49. The zero-order chi connectivity index (χ0) is 17.2. The van der Waals surface area contributed by atoms with Crippen LogP contribution in [-0.4, -0.2) is 25.5 Å². The van der Waals surface area contributed by atoms with Gasteiger partial charge in [-0.25, -0.2) is 4.68 Å². The Kier molecular flexibility index (Phi) is 4.40. The van der Waals surface area contributed by atoms with E-state index in [1.165, 1.54) is 6.20 Å². The number of aromatic nitrogens is 4. The Morgan fingerprint density at radius 2 is 1.92 bits per heavy atom. The topological polar surface area (TPSA) is 64.7 Å². The monoisotopic (exact) mass is 343 g/mol. The van der Waals surface area contributed by atoms with Gasteiger partial charge in [-0.05, 0) is 26.0 Å². The first kappa shape index (κ1) is 16.3. The Bertz CT molecular complexity index is 838. The van der Waals surface area contributed by atoms with Crippen LogP contribution in [0.2, 0.25) is 5.02 Å². The fourth-order valence-electron chi connectivity index (χ4n) is 2.28. The minimum absolute atomic E-state index is 0.144. The van der Waals surface area contributed by atoms with Gasteiger partial charge in [-0.1, -0.05) is 29.8 Å². The van der Waals surface area contributed by atoms with Crippen LogP contribution in [0.25, 0.3) is 5.69 Å². The lowest BCUT2D eigenvalue weighted by Crippen LogP contribution is -2.44. The van der Waals surface area contributed by atoms with Crippen molar-refractivity contribution in [2.24, 2.45) is 0 Å². The number of carbonyl (C=O) groups excluding carboxylic acids is 1. The molecule has 1 N–H and O–H groups in total. The molecular weight excluding hydrogens is 326 g/mol. The minimum Gasteiger partial charge on any atom is -0.350 e. The van der Waals surface area contributed by atoms with Crippen LogP contribution in [0.5, 0.6) is 0 Å². The van der Waals surface area contributed by atoms with E-state index in [4.69, 9.17) is 11.6 Å². The van der Waals surface area contributed by atoms with Crippen molar-refractivity contribution in [1.82, 2.24) is 24.9 Å². The van der Waals surface area contributed by atoms with E-state index < -0.39 is 5.54 Å². The Hall–Kier alpha value is -2.60. The fraction of sp³-hybridized carbons (Fsp3) is 0.235. The molecule has 0 aliphatic heterocycles. The average Bonchev–Trinajstić information content (AvgIpc) is 3.22. The molecule has 0 radical (unpaired) electrons. The summed E-state index contributed by atoms with van der Waals surface area (Å²) in [6, 6.07) is 9.81. The molecule has 124 valence electrons. The number of hydrogen-bond donors (Lipinski definition) is 1. The number of benzene rings is 1. The largest absolute Gasteiger partial charge is 0.350 e. The van der Waals surface area contributed by atoms with Gasteiger partial charge in [0.15, 0.2) is 0 Å². The number of halogens is 1. The summed E-state index contributed by atoms with van der Waals surface area (Å²) in [7, 11) is 0. The number of nitrogens with zero attached hydrogens (tertiary/aromatic N) is 4. The van der Waals surface area contributed by atoms with Crippen molar-refractivity contribution in [1.29, 1.82) is 0 Å². The van der Waals surface area contributed by atoms with E-state index in [9.17, 15) is 4.79 Å². The zero-order valence-electron chi connectivity index (χ0n) is 13.5. The van der Waals surface area contributed by atoms with Crippen molar-refractivity contribution in [3.63, 3.8) is 0 Å². The van der Waals surface area contributed by atoms with E-state index >= 15 is 0 Å². The average molecular weight is 344 g/mol. The molecule has 2 heterocycles. The lowest BCUT2D eigenvalue weighted by molar-refractivity contribution is -0.129. The third-order valence-electron chi connectivity index (χ3n) is 3.79. The number of rotatable bonds is 5. The fourth-order valence-corrected chi connectivity index (χ4v) is 2.42. The standard InChI is InChI=1S/C17H18ClN5O/c1-17(2,23-12-14(18)10-21-23)16(24)19-8-13-9-20-22(11-13)15-6-4-3-5-7-15/h3-7,9-12H,8H2,1-2H3,(H,19,24). The molecule has 0 saturated carbocycles. The van der Waals surface area contributed by atoms with Gasteiger partial charge in [0, 0.05) is 24.5 Å². The number of nitrogens with one attached hydrogen (secondary N) is 1. The highest BCUT2D eigenvalue weighted by atomic mass is 35.5. The normalized spacial score (nSPS) is 11.5. The predicted octanol–water partition coefficient (Wildman–Crippen LogP) is 2.77. The molecule has 0 bridgehead atoms. The van der Waals surface area contributed by atoms with Gasteiger partial charge >= 0.3 is 0 Å². The first-order chi connectivity index (χ1) is 11.5. The van der Waals surface area contributed by atoms with Crippen molar-refractivity contribution < 1.29 is 4.79 Å². The predicted molar refractivity (Wildman–Crippen MR) is 92.0 cm³/mol. The van der Waals surface area contributed by atoms with Gasteiger partial charge in [0.25, 0.3) is 0 Å². The number of para-hydroxylation sites is 1. The molecule has 0 atom stereocenters. The molecular formula is C17H18ClN5O. The Labute approximate surface area is 145 Å². The van der Waals surface area contributed by atoms with Gasteiger partial charge < -0.3 is 5.32 Å². The van der Waals surface area contributed by atoms with Crippen molar-refractivity contribution in [3.8, 4) is 5.69 Å². The maximum Gasteiger partial charge on any atom is 0.247 e. The van der Waals surface area contributed by atoms with Gasteiger partial charge in [-0.15, -0.1) is 0 Å². The van der Waals surface area contributed by atoms with E-state index in [2.05, 4.69) is 15.5 Å². The number of carbonyl (C=O) groups is 1. The molecule has 2 aromatic heterocycles. The highest BCUT2D eigenvalue weighted by molar-refractivity contribution is 6.30. The molecule has 0 spiro atoms. The number of hydrogen-bond acceptors (Lipinski definition) is 3. The summed E-state index contributed by atoms with van der Waals surface area (Å²) in [5.41, 5.74) is 1.06. The first-order valence-electron chi connectivity index (χ1n) is 7.55. The molecule has 1 amide bonds. The molecule has 0 fully saturated rings. The highest BCUT2D eigenvalue weighted by Gasteiger charge is 2.30. The molecule has 0 aliphatic rings. The lowest BCUT2D eigenvalue weighted by atomic mass is 10.1. The molecule has 3 aromatic rings. The quantitative estimate of drug-likeness (QED) is 0.774. The van der Waals surface area contributed by atoms with Gasteiger partial charge in [0.2, 0.25) is 5.91 Å². The summed E-state index contributed by atoms with van der Waals surface area (Å²) < 4.78 is 3.33. The summed E-state index contributed by atoms with van der Waals surface area (Å²) in [5, 5.41) is 11.8. The van der Waals surface area contributed by atoms with Crippen LogP contribution in [0.15, 0.2) is 55.1 Å². The van der Waals surface area contributed by atoms with Crippen LogP contribution in [0.1, 0.15) is 19.4 Å². The maximum absolute atomic E-state index is 12.5. The lowest BCUT2D eigenvalue weighted by Gasteiger charge is -2.24. The summed E-state index contributed by atoms with van der Waals surface area (Å²) >= 11 is 5.88. The first-order valence-corrected chi connectivity index (χ1v) is 7.92. The zero-order valence-corrected chi connectivity index (χ0v) is 14.2. The summed E-state index contributed by atoms with van der Waals surface area (Å²) in [5.74, 6) is -0.144. The van der Waals surface area contributed by atoms with E-state index in [1.54, 1.807) is 35.6 Å². The van der Waals surface area contributed by atoms with Crippen LogP contribution >= 0.6 is 11.6 Å². The van der Waals surface area contributed by atoms with Gasteiger partial charge in [-0.2, -0.15) is 10.2 Å². The van der Waals surface area contributed by atoms with Crippen molar-refractivity contribution in [2.45, 2.75) is 25.9 Å². The van der Waals surface area contributed by atoms with Crippen LogP contribution in [-0.2, 0) is 16.9 Å². The smallest absolute Gasteiger partial charge is 0.247 e. The molecule has 24 heavy (non-hydrogen) atoms.